The molecule has 2 aromatic heterocycles. The number of thiazole rings is 1. The van der Waals surface area contributed by atoms with E-state index in [1.54, 1.807) is 22.7 Å². The Morgan fingerprint density at radius 1 is 1.15 bits per heavy atom. The molecule has 1 aromatic carbocycles. The quantitative estimate of drug-likeness (QED) is 0.716. The molecule has 5 heteroatoms. The van der Waals surface area contributed by atoms with Gasteiger partial charge in [0, 0.05) is 32.8 Å². The van der Waals surface area contributed by atoms with Crippen molar-refractivity contribution < 1.29 is 0 Å². The molecule has 1 unspecified atom stereocenters. The lowest BCUT2D eigenvalue weighted by Crippen LogP contribution is -2.12. The summed E-state index contributed by atoms with van der Waals surface area (Å²) in [5.74, 6) is 0. The first-order valence-corrected chi connectivity index (χ1v) is 8.77. The molecule has 20 heavy (non-hydrogen) atoms. The van der Waals surface area contributed by atoms with Crippen molar-refractivity contribution in [1.29, 1.82) is 0 Å². The minimum atomic E-state index is -0.000789. The molecule has 0 aliphatic heterocycles. The Labute approximate surface area is 134 Å². The highest BCUT2D eigenvalue weighted by molar-refractivity contribution is 9.10. The van der Waals surface area contributed by atoms with Crippen molar-refractivity contribution in [2.24, 2.45) is 5.73 Å². The van der Waals surface area contributed by atoms with E-state index in [0.717, 1.165) is 27.2 Å². The predicted molar refractivity (Wildman–Crippen MR) is 90.2 cm³/mol. The van der Waals surface area contributed by atoms with Crippen LogP contribution in [0, 0.1) is 0 Å². The van der Waals surface area contributed by atoms with E-state index in [4.69, 9.17) is 5.73 Å². The summed E-state index contributed by atoms with van der Waals surface area (Å²) in [5.41, 5.74) is 8.45. The Kier molecular flexibility index (Phi) is 4.31. The fourth-order valence-electron chi connectivity index (χ4n) is 2.00. The SMILES string of the molecule is NC(Cc1nc(-c2ccccc2)cs1)c1sccc1Br. The minimum absolute atomic E-state index is 0.000789. The molecule has 3 rings (SSSR count). The van der Waals surface area contributed by atoms with Crippen LogP contribution >= 0.6 is 38.6 Å². The maximum Gasteiger partial charge on any atom is 0.0951 e. The molecule has 3 aromatic rings. The fourth-order valence-corrected chi connectivity index (χ4v) is 4.53. The van der Waals surface area contributed by atoms with Crippen LogP contribution in [-0.4, -0.2) is 4.98 Å². The first kappa shape index (κ1) is 13.9. The third kappa shape index (κ3) is 3.01. The first-order chi connectivity index (χ1) is 9.74. The van der Waals surface area contributed by atoms with Crippen LogP contribution in [0.2, 0.25) is 0 Å². The monoisotopic (exact) mass is 364 g/mol. The summed E-state index contributed by atoms with van der Waals surface area (Å²) in [4.78, 5) is 5.87. The number of hydrogen-bond donors (Lipinski definition) is 1. The Hall–Kier alpha value is -1.01. The molecule has 0 aliphatic rings. The normalized spacial score (nSPS) is 12.5. The van der Waals surface area contributed by atoms with Crippen molar-refractivity contribution in [3.05, 3.63) is 61.5 Å². The van der Waals surface area contributed by atoms with Gasteiger partial charge in [-0.05, 0) is 27.4 Å². The van der Waals surface area contributed by atoms with E-state index < -0.39 is 0 Å². The highest BCUT2D eigenvalue weighted by atomic mass is 79.9. The molecule has 1 atom stereocenters. The van der Waals surface area contributed by atoms with E-state index in [1.807, 2.05) is 24.3 Å². The molecule has 0 bridgehead atoms. The highest BCUT2D eigenvalue weighted by Crippen LogP contribution is 2.31. The Morgan fingerprint density at radius 2 is 1.95 bits per heavy atom. The van der Waals surface area contributed by atoms with Crippen LogP contribution in [0.5, 0.6) is 0 Å². The molecule has 0 saturated carbocycles. The number of benzene rings is 1. The van der Waals surface area contributed by atoms with Crippen LogP contribution in [0.4, 0.5) is 0 Å². The van der Waals surface area contributed by atoms with Gasteiger partial charge in [0.1, 0.15) is 0 Å². The molecule has 0 aliphatic carbocycles. The van der Waals surface area contributed by atoms with E-state index in [0.29, 0.717) is 0 Å². The number of rotatable bonds is 4. The third-order valence-electron chi connectivity index (χ3n) is 3.00. The smallest absolute Gasteiger partial charge is 0.0951 e. The number of halogens is 1. The van der Waals surface area contributed by atoms with Crippen molar-refractivity contribution >= 4 is 38.6 Å². The van der Waals surface area contributed by atoms with Crippen LogP contribution in [-0.2, 0) is 6.42 Å². The first-order valence-electron chi connectivity index (χ1n) is 6.22. The van der Waals surface area contributed by atoms with Gasteiger partial charge in [0.05, 0.1) is 10.7 Å². The number of nitrogens with two attached hydrogens (primary N) is 1. The summed E-state index contributed by atoms with van der Waals surface area (Å²) < 4.78 is 1.09. The van der Waals surface area contributed by atoms with Crippen molar-refractivity contribution in [3.63, 3.8) is 0 Å². The molecule has 0 spiro atoms. The fraction of sp³-hybridized carbons (Fsp3) is 0.133. The highest BCUT2D eigenvalue weighted by Gasteiger charge is 2.14. The van der Waals surface area contributed by atoms with Crippen LogP contribution in [0.1, 0.15) is 15.9 Å². The van der Waals surface area contributed by atoms with Gasteiger partial charge in [0.25, 0.3) is 0 Å². The van der Waals surface area contributed by atoms with Gasteiger partial charge in [-0.2, -0.15) is 0 Å². The summed E-state index contributed by atoms with van der Waals surface area (Å²) in [7, 11) is 0. The average Bonchev–Trinajstić information content (AvgIpc) is 3.09. The van der Waals surface area contributed by atoms with Gasteiger partial charge in [-0.3, -0.25) is 0 Å². The van der Waals surface area contributed by atoms with E-state index >= 15 is 0 Å². The van der Waals surface area contributed by atoms with Gasteiger partial charge < -0.3 is 5.73 Å². The molecule has 2 N–H and O–H groups in total. The zero-order valence-corrected chi connectivity index (χ0v) is 13.8. The second-order valence-electron chi connectivity index (χ2n) is 4.44. The predicted octanol–water partition coefficient (Wildman–Crippen LogP) is 4.88. The molecule has 0 amide bonds. The van der Waals surface area contributed by atoms with Gasteiger partial charge in [-0.15, -0.1) is 22.7 Å². The van der Waals surface area contributed by atoms with E-state index in [2.05, 4.69) is 43.8 Å². The Balaban J connectivity index is 1.76. The zero-order valence-electron chi connectivity index (χ0n) is 10.6. The van der Waals surface area contributed by atoms with Crippen LogP contribution in [0.15, 0.2) is 51.6 Å². The van der Waals surface area contributed by atoms with E-state index in [9.17, 15) is 0 Å². The summed E-state index contributed by atoms with van der Waals surface area (Å²) in [5, 5.41) is 5.23. The molecule has 0 fully saturated rings. The summed E-state index contributed by atoms with van der Waals surface area (Å²) >= 11 is 6.89. The minimum Gasteiger partial charge on any atom is -0.323 e. The molecular weight excluding hydrogens is 352 g/mol. The number of thiophene rings is 1. The van der Waals surface area contributed by atoms with Gasteiger partial charge in [0.2, 0.25) is 0 Å². The Morgan fingerprint density at radius 3 is 2.65 bits per heavy atom. The number of hydrogen-bond acceptors (Lipinski definition) is 4. The van der Waals surface area contributed by atoms with E-state index in [1.165, 1.54) is 4.88 Å². The maximum atomic E-state index is 6.27. The number of nitrogens with zero attached hydrogens (tertiary/aromatic N) is 1. The van der Waals surface area contributed by atoms with Crippen LogP contribution in [0.25, 0.3) is 11.3 Å². The lowest BCUT2D eigenvalue weighted by molar-refractivity contribution is 0.730. The zero-order chi connectivity index (χ0) is 13.9. The second kappa shape index (κ2) is 6.18. The molecular formula is C15H13BrN2S2. The van der Waals surface area contributed by atoms with Gasteiger partial charge in [-0.1, -0.05) is 30.3 Å². The second-order valence-corrected chi connectivity index (χ2v) is 7.18. The topological polar surface area (TPSA) is 38.9 Å². The summed E-state index contributed by atoms with van der Waals surface area (Å²) in [6, 6.07) is 12.3. The largest absolute Gasteiger partial charge is 0.323 e. The average molecular weight is 365 g/mol. The molecule has 0 radical (unpaired) electrons. The Bertz CT molecular complexity index is 691. The van der Waals surface area contributed by atoms with Crippen LogP contribution < -0.4 is 5.73 Å². The van der Waals surface area contributed by atoms with E-state index in [-0.39, 0.29) is 6.04 Å². The molecule has 2 nitrogen and oxygen atoms in total. The van der Waals surface area contributed by atoms with Crippen molar-refractivity contribution in [2.75, 3.05) is 0 Å². The lowest BCUT2D eigenvalue weighted by Gasteiger charge is -2.08. The molecule has 2 heterocycles. The van der Waals surface area contributed by atoms with Gasteiger partial charge >= 0.3 is 0 Å². The summed E-state index contributed by atoms with van der Waals surface area (Å²) in [6.07, 6.45) is 0.774. The third-order valence-corrected chi connectivity index (χ3v) is 5.87. The molecule has 102 valence electrons. The van der Waals surface area contributed by atoms with Gasteiger partial charge in [0.15, 0.2) is 0 Å². The van der Waals surface area contributed by atoms with Crippen LogP contribution in [0.3, 0.4) is 0 Å². The van der Waals surface area contributed by atoms with Crippen molar-refractivity contribution in [2.45, 2.75) is 12.5 Å². The van der Waals surface area contributed by atoms with Crippen molar-refractivity contribution in [3.8, 4) is 11.3 Å². The lowest BCUT2D eigenvalue weighted by atomic mass is 10.2. The van der Waals surface area contributed by atoms with Gasteiger partial charge in [-0.25, -0.2) is 4.98 Å². The number of aromatic nitrogens is 1. The standard InChI is InChI=1S/C15H13BrN2S2/c16-11-6-7-19-15(11)12(17)8-14-18-13(9-20-14)10-4-2-1-3-5-10/h1-7,9,12H,8,17H2. The maximum absolute atomic E-state index is 6.27. The molecule has 0 saturated heterocycles. The van der Waals surface area contributed by atoms with Crippen molar-refractivity contribution in [1.82, 2.24) is 4.98 Å². The summed E-state index contributed by atoms with van der Waals surface area (Å²) in [6.45, 7) is 0.